The molecule has 4 aliphatic carbocycles. The number of rotatable bonds is 2. The van der Waals surface area contributed by atoms with Crippen LogP contribution in [0.25, 0.3) is 0 Å². The molecule has 24 heavy (non-hydrogen) atoms. The van der Waals surface area contributed by atoms with E-state index in [0.29, 0.717) is 16.2 Å². The average Bonchev–Trinajstić information content (AvgIpc) is 2.84. The van der Waals surface area contributed by atoms with Crippen LogP contribution < -0.4 is 0 Å². The van der Waals surface area contributed by atoms with Crippen LogP contribution in [0.3, 0.4) is 0 Å². The highest BCUT2D eigenvalue weighted by atomic mass is 14.6. The minimum Gasteiger partial charge on any atom is -0.0654 e. The van der Waals surface area contributed by atoms with E-state index in [1.165, 1.54) is 32.1 Å². The van der Waals surface area contributed by atoms with Crippen molar-refractivity contribution in [2.24, 2.45) is 45.8 Å². The van der Waals surface area contributed by atoms with Crippen LogP contribution >= 0.6 is 0 Å². The summed E-state index contributed by atoms with van der Waals surface area (Å²) in [5.41, 5.74) is 2.00. The molecule has 0 N–H and O–H groups in total. The van der Waals surface area contributed by atoms with Gasteiger partial charge in [-0.15, -0.1) is 0 Å². The van der Waals surface area contributed by atoms with Crippen molar-refractivity contribution in [3.63, 3.8) is 0 Å². The van der Waals surface area contributed by atoms with E-state index in [9.17, 15) is 0 Å². The molecule has 0 heteroatoms. The molecule has 0 amide bonds. The molecule has 4 saturated carbocycles. The maximum Gasteiger partial charge on any atom is -0.0266 e. The fourth-order valence-corrected chi connectivity index (χ4v) is 8.47. The van der Waals surface area contributed by atoms with Gasteiger partial charge in [0.1, 0.15) is 0 Å². The van der Waals surface area contributed by atoms with Crippen LogP contribution in [0.5, 0.6) is 0 Å². The molecule has 0 spiro atoms. The highest BCUT2D eigenvalue weighted by Crippen LogP contribution is 2.68. The molecule has 0 saturated heterocycles. The second kappa shape index (κ2) is 5.75. The molecule has 0 radical (unpaired) electrons. The van der Waals surface area contributed by atoms with Crippen LogP contribution in [0.4, 0.5) is 0 Å². The predicted molar refractivity (Wildman–Crippen MR) is 104 cm³/mol. The van der Waals surface area contributed by atoms with Gasteiger partial charge in [0.25, 0.3) is 0 Å². The van der Waals surface area contributed by atoms with Crippen molar-refractivity contribution < 1.29 is 0 Å². The monoisotopic (exact) mass is 330 g/mol. The smallest absolute Gasteiger partial charge is 0.0266 e. The Morgan fingerprint density at radius 3 is 2.38 bits per heavy atom. The molecule has 0 nitrogen and oxygen atoms in total. The number of hydrogen-bond donors (Lipinski definition) is 0. The maximum absolute atomic E-state index is 2.73. The van der Waals surface area contributed by atoms with Gasteiger partial charge in [-0.1, -0.05) is 47.5 Å². The van der Waals surface area contributed by atoms with Crippen molar-refractivity contribution >= 4 is 0 Å². The molecule has 4 aliphatic rings. The van der Waals surface area contributed by atoms with Crippen LogP contribution in [0.15, 0.2) is 0 Å². The first kappa shape index (κ1) is 17.4. The number of fused-ring (bicyclic) bond motifs is 5. The van der Waals surface area contributed by atoms with Crippen molar-refractivity contribution in [2.45, 2.75) is 105 Å². The van der Waals surface area contributed by atoms with E-state index in [2.05, 4.69) is 34.6 Å². The Morgan fingerprint density at radius 1 is 0.833 bits per heavy atom. The van der Waals surface area contributed by atoms with Gasteiger partial charge in [0.2, 0.25) is 0 Å². The van der Waals surface area contributed by atoms with Gasteiger partial charge in [-0.05, 0) is 104 Å². The Hall–Kier alpha value is 0. The van der Waals surface area contributed by atoms with E-state index in [1.807, 2.05) is 0 Å². The Bertz CT molecular complexity index is 476. The normalized spacial score (nSPS) is 53.1. The Kier molecular flexibility index (Phi) is 4.17. The first-order valence-electron chi connectivity index (χ1n) is 11.3. The molecular weight excluding hydrogens is 288 g/mol. The third kappa shape index (κ3) is 2.61. The lowest BCUT2D eigenvalue weighted by Crippen LogP contribution is -2.53. The summed E-state index contributed by atoms with van der Waals surface area (Å²) in [4.78, 5) is 0. The quantitative estimate of drug-likeness (QED) is 0.492. The zero-order valence-electron chi connectivity index (χ0n) is 17.2. The zero-order chi connectivity index (χ0) is 17.2. The summed E-state index contributed by atoms with van der Waals surface area (Å²) in [5, 5.41) is 0. The van der Waals surface area contributed by atoms with Crippen molar-refractivity contribution in [1.82, 2.24) is 0 Å². The minimum absolute atomic E-state index is 0.611. The third-order valence-electron chi connectivity index (χ3n) is 9.76. The summed E-state index contributed by atoms with van der Waals surface area (Å²) in [6.07, 6.45) is 16.8. The van der Waals surface area contributed by atoms with Crippen LogP contribution in [0.1, 0.15) is 105 Å². The van der Waals surface area contributed by atoms with Gasteiger partial charge in [0.05, 0.1) is 0 Å². The molecule has 0 bridgehead atoms. The van der Waals surface area contributed by atoms with Gasteiger partial charge in [-0.25, -0.2) is 0 Å². The van der Waals surface area contributed by atoms with E-state index in [0.717, 1.165) is 29.6 Å². The molecule has 0 unspecified atom stereocenters. The minimum atomic E-state index is 0.611. The predicted octanol–water partition coefficient (Wildman–Crippen LogP) is 7.47. The van der Waals surface area contributed by atoms with Gasteiger partial charge in [-0.2, -0.15) is 0 Å². The fourth-order valence-electron chi connectivity index (χ4n) is 8.47. The van der Waals surface area contributed by atoms with Crippen molar-refractivity contribution in [1.29, 1.82) is 0 Å². The standard InChI is InChI=1S/C24H42/c1-6-7-17-14-21-19-9-8-18-16-22(2,3)12-13-24(18,5)20(19)10-11-23(21,4)15-17/h17-21H,6-16H2,1-5H3/t17-,18-,19+,20-,21-,23+,24-/m0/s1. The van der Waals surface area contributed by atoms with E-state index in [1.54, 1.807) is 38.5 Å². The first-order chi connectivity index (χ1) is 11.3. The maximum atomic E-state index is 2.73. The van der Waals surface area contributed by atoms with Crippen molar-refractivity contribution in [2.75, 3.05) is 0 Å². The third-order valence-corrected chi connectivity index (χ3v) is 9.76. The van der Waals surface area contributed by atoms with Crippen molar-refractivity contribution in [3.05, 3.63) is 0 Å². The lowest BCUT2D eigenvalue weighted by Gasteiger charge is -2.61. The molecule has 4 rings (SSSR count). The highest BCUT2D eigenvalue weighted by molar-refractivity contribution is 5.09. The summed E-state index contributed by atoms with van der Waals surface area (Å²) in [6, 6.07) is 0. The molecule has 4 fully saturated rings. The van der Waals surface area contributed by atoms with Gasteiger partial charge in [0, 0.05) is 0 Å². The van der Waals surface area contributed by atoms with E-state index < -0.39 is 0 Å². The SMILES string of the molecule is CCC[C@H]1C[C@H]2[C@@H]3CC[C@H]4CC(C)(C)CC[C@]4(C)[C@H]3CC[C@]2(C)C1. The van der Waals surface area contributed by atoms with Gasteiger partial charge in [0.15, 0.2) is 0 Å². The van der Waals surface area contributed by atoms with E-state index in [-0.39, 0.29) is 0 Å². The van der Waals surface area contributed by atoms with Gasteiger partial charge < -0.3 is 0 Å². The molecule has 0 aliphatic heterocycles. The molecule has 7 atom stereocenters. The molecule has 0 aromatic heterocycles. The topological polar surface area (TPSA) is 0 Å². The molecule has 0 aromatic carbocycles. The summed E-state index contributed by atoms with van der Waals surface area (Å²) < 4.78 is 0. The molecule has 138 valence electrons. The summed E-state index contributed by atoms with van der Waals surface area (Å²) in [5.74, 6) is 5.29. The van der Waals surface area contributed by atoms with E-state index in [4.69, 9.17) is 0 Å². The first-order valence-corrected chi connectivity index (χ1v) is 11.3. The van der Waals surface area contributed by atoms with Crippen LogP contribution in [0.2, 0.25) is 0 Å². The second-order valence-electron chi connectivity index (χ2n) is 11.8. The summed E-state index contributed by atoms with van der Waals surface area (Å²) in [7, 11) is 0. The second-order valence-corrected chi connectivity index (χ2v) is 11.8. The largest absolute Gasteiger partial charge is 0.0654 e. The highest BCUT2D eigenvalue weighted by Gasteiger charge is 2.59. The fraction of sp³-hybridized carbons (Fsp3) is 1.00. The lowest BCUT2D eigenvalue weighted by atomic mass is 9.43. The summed E-state index contributed by atoms with van der Waals surface area (Å²) >= 11 is 0. The van der Waals surface area contributed by atoms with Crippen LogP contribution in [-0.4, -0.2) is 0 Å². The molecule has 0 heterocycles. The van der Waals surface area contributed by atoms with Crippen LogP contribution in [-0.2, 0) is 0 Å². The Labute approximate surface area is 151 Å². The van der Waals surface area contributed by atoms with Crippen molar-refractivity contribution in [3.8, 4) is 0 Å². The zero-order valence-corrected chi connectivity index (χ0v) is 17.2. The summed E-state index contributed by atoms with van der Waals surface area (Å²) in [6.45, 7) is 12.9. The Balaban J connectivity index is 1.56. The van der Waals surface area contributed by atoms with Gasteiger partial charge in [-0.3, -0.25) is 0 Å². The lowest BCUT2D eigenvalue weighted by molar-refractivity contribution is -0.120. The molecular formula is C24H42. The average molecular weight is 331 g/mol. The van der Waals surface area contributed by atoms with Crippen LogP contribution in [0, 0.1) is 45.8 Å². The Morgan fingerprint density at radius 2 is 1.62 bits per heavy atom. The van der Waals surface area contributed by atoms with E-state index >= 15 is 0 Å². The molecule has 0 aromatic rings. The number of hydrogen-bond acceptors (Lipinski definition) is 0. The van der Waals surface area contributed by atoms with Gasteiger partial charge >= 0.3 is 0 Å².